The zero-order chi connectivity index (χ0) is 22.8. The molecule has 0 aromatic rings. The summed E-state index contributed by atoms with van der Waals surface area (Å²) in [5.41, 5.74) is 0. The summed E-state index contributed by atoms with van der Waals surface area (Å²) < 4.78 is 0. The highest BCUT2D eigenvalue weighted by atomic mass is 16.4. The largest absolute Gasteiger partial charge is 0.481 e. The van der Waals surface area contributed by atoms with Gasteiger partial charge in [-0.3, -0.25) is 19.2 Å². The Morgan fingerprint density at radius 2 is 1.67 bits per heavy atom. The quantitative estimate of drug-likeness (QED) is 0.152. The first-order valence-electron chi connectivity index (χ1n) is 9.44. The summed E-state index contributed by atoms with van der Waals surface area (Å²) in [4.78, 5) is 59.0. The molecular weight excluding hydrogens is 404 g/mol. The van der Waals surface area contributed by atoms with Gasteiger partial charge in [-0.25, -0.2) is 4.79 Å². The van der Waals surface area contributed by atoms with E-state index in [-0.39, 0.29) is 6.42 Å². The van der Waals surface area contributed by atoms with E-state index in [1.807, 2.05) is 5.32 Å². The molecule has 1 saturated heterocycles. The molecule has 1 aliphatic heterocycles. The van der Waals surface area contributed by atoms with Crippen LogP contribution in [0.4, 0.5) is 0 Å². The SMILES string of the molecule is CC(O)C(NC(=O)C1CCCN1)C(=O)NC(CCC(=O)O)C(=O)NC(CO)C(=O)O. The number of carboxylic acids is 2. The molecular formula is C17H28N4O9. The highest BCUT2D eigenvalue weighted by Crippen LogP contribution is 2.07. The number of carbonyl (C=O) groups is 5. The van der Waals surface area contributed by atoms with E-state index in [0.717, 1.165) is 6.42 Å². The molecule has 0 aromatic carbocycles. The second-order valence-corrected chi connectivity index (χ2v) is 6.95. The van der Waals surface area contributed by atoms with E-state index in [1.165, 1.54) is 6.92 Å². The van der Waals surface area contributed by atoms with Crippen LogP contribution in [-0.4, -0.2) is 93.5 Å². The van der Waals surface area contributed by atoms with Crippen LogP contribution in [0.2, 0.25) is 0 Å². The zero-order valence-corrected chi connectivity index (χ0v) is 16.5. The third-order valence-corrected chi connectivity index (χ3v) is 4.52. The van der Waals surface area contributed by atoms with Crippen LogP contribution >= 0.6 is 0 Å². The van der Waals surface area contributed by atoms with Gasteiger partial charge in [-0.15, -0.1) is 0 Å². The predicted molar refractivity (Wildman–Crippen MR) is 100 cm³/mol. The van der Waals surface area contributed by atoms with E-state index in [0.29, 0.717) is 13.0 Å². The number of nitrogens with one attached hydrogen (secondary N) is 4. The van der Waals surface area contributed by atoms with Gasteiger partial charge in [0.2, 0.25) is 17.7 Å². The molecule has 13 heteroatoms. The Morgan fingerprint density at radius 1 is 1.03 bits per heavy atom. The predicted octanol–water partition coefficient (Wildman–Crippen LogP) is -3.48. The standard InChI is InChI=1S/C17H28N4O9/c1-8(23)13(21-14(26)9-3-2-6-18-9)16(28)19-10(4-5-12(24)25)15(27)20-11(7-22)17(29)30/h8-11,13,18,22-23H,2-7H2,1H3,(H,19,28)(H,20,27)(H,21,26)(H,24,25)(H,29,30). The Bertz CT molecular complexity index is 649. The Labute approximate surface area is 172 Å². The molecule has 1 rings (SSSR count). The zero-order valence-electron chi connectivity index (χ0n) is 16.5. The van der Waals surface area contributed by atoms with Crippen LogP contribution in [0.5, 0.6) is 0 Å². The maximum atomic E-state index is 12.6. The average molecular weight is 432 g/mol. The van der Waals surface area contributed by atoms with Gasteiger partial charge >= 0.3 is 11.9 Å². The fourth-order valence-corrected chi connectivity index (χ4v) is 2.82. The monoisotopic (exact) mass is 432 g/mol. The van der Waals surface area contributed by atoms with Crippen molar-refractivity contribution in [3.05, 3.63) is 0 Å². The van der Waals surface area contributed by atoms with E-state index in [2.05, 4.69) is 16.0 Å². The van der Waals surface area contributed by atoms with Gasteiger partial charge in [0, 0.05) is 6.42 Å². The molecule has 5 unspecified atom stereocenters. The van der Waals surface area contributed by atoms with Gasteiger partial charge in [0.05, 0.1) is 18.8 Å². The summed E-state index contributed by atoms with van der Waals surface area (Å²) in [6.45, 7) is 0.975. The first-order chi connectivity index (χ1) is 14.1. The lowest BCUT2D eigenvalue weighted by atomic mass is 10.1. The van der Waals surface area contributed by atoms with Crippen molar-refractivity contribution in [2.45, 2.75) is 62.9 Å². The van der Waals surface area contributed by atoms with Crippen LogP contribution in [0.25, 0.3) is 0 Å². The molecule has 0 aromatic heterocycles. The van der Waals surface area contributed by atoms with Crippen molar-refractivity contribution < 1.29 is 44.4 Å². The molecule has 30 heavy (non-hydrogen) atoms. The van der Waals surface area contributed by atoms with Crippen LogP contribution < -0.4 is 21.3 Å². The fourth-order valence-electron chi connectivity index (χ4n) is 2.82. The molecule has 0 saturated carbocycles. The van der Waals surface area contributed by atoms with Gasteiger partial charge in [-0.2, -0.15) is 0 Å². The molecule has 5 atom stereocenters. The molecule has 0 aliphatic carbocycles. The van der Waals surface area contributed by atoms with E-state index in [4.69, 9.17) is 15.3 Å². The Kier molecular flexibility index (Phi) is 10.1. The molecule has 3 amide bonds. The molecule has 1 fully saturated rings. The second-order valence-electron chi connectivity index (χ2n) is 6.95. The summed E-state index contributed by atoms with van der Waals surface area (Å²) in [6.07, 6.45) is -0.900. The van der Waals surface area contributed by atoms with Gasteiger partial charge in [-0.05, 0) is 32.7 Å². The molecule has 0 spiro atoms. The summed E-state index contributed by atoms with van der Waals surface area (Å²) in [5, 5.41) is 46.3. The minimum atomic E-state index is -1.65. The Morgan fingerprint density at radius 3 is 2.13 bits per heavy atom. The highest BCUT2D eigenvalue weighted by molar-refractivity contribution is 5.94. The molecule has 8 N–H and O–H groups in total. The van der Waals surface area contributed by atoms with E-state index in [9.17, 15) is 29.1 Å². The van der Waals surface area contributed by atoms with E-state index < -0.39 is 73.0 Å². The van der Waals surface area contributed by atoms with Crippen LogP contribution in [0.15, 0.2) is 0 Å². The van der Waals surface area contributed by atoms with Gasteiger partial charge in [-0.1, -0.05) is 0 Å². The van der Waals surface area contributed by atoms with Gasteiger partial charge in [0.15, 0.2) is 0 Å². The summed E-state index contributed by atoms with van der Waals surface area (Å²) in [6, 6.07) is -5.06. The number of hydrogen-bond acceptors (Lipinski definition) is 8. The number of carbonyl (C=O) groups excluding carboxylic acids is 3. The molecule has 1 aliphatic rings. The average Bonchev–Trinajstić information content (AvgIpc) is 3.20. The Hall–Kier alpha value is -2.77. The smallest absolute Gasteiger partial charge is 0.328 e. The van der Waals surface area contributed by atoms with Crippen LogP contribution in [0.3, 0.4) is 0 Å². The number of hydrogen-bond donors (Lipinski definition) is 8. The second kappa shape index (κ2) is 12.0. The Balaban J connectivity index is 2.87. The number of aliphatic hydroxyl groups excluding tert-OH is 2. The van der Waals surface area contributed by atoms with Gasteiger partial charge in [0.1, 0.15) is 18.1 Å². The van der Waals surface area contributed by atoms with Crippen molar-refractivity contribution in [2.24, 2.45) is 0 Å². The number of carboxylic acid groups (broad SMARTS) is 2. The van der Waals surface area contributed by atoms with Crippen LogP contribution in [0, 0.1) is 0 Å². The summed E-state index contributed by atoms with van der Waals surface area (Å²) in [7, 11) is 0. The minimum absolute atomic E-state index is 0.380. The van der Waals surface area contributed by atoms with Crippen molar-refractivity contribution >= 4 is 29.7 Å². The third-order valence-electron chi connectivity index (χ3n) is 4.52. The molecule has 13 nitrogen and oxygen atoms in total. The lowest BCUT2D eigenvalue weighted by Crippen LogP contribution is -2.60. The van der Waals surface area contributed by atoms with Gasteiger partial charge < -0.3 is 41.7 Å². The number of amides is 3. The van der Waals surface area contributed by atoms with Crippen molar-refractivity contribution in [3.63, 3.8) is 0 Å². The maximum Gasteiger partial charge on any atom is 0.328 e. The molecule has 170 valence electrons. The van der Waals surface area contributed by atoms with Gasteiger partial charge in [0.25, 0.3) is 0 Å². The summed E-state index contributed by atoms with van der Waals surface area (Å²) in [5.74, 6) is -5.26. The first-order valence-corrected chi connectivity index (χ1v) is 9.44. The fraction of sp³-hybridized carbons (Fsp3) is 0.706. The summed E-state index contributed by atoms with van der Waals surface area (Å²) >= 11 is 0. The topological polar surface area (TPSA) is 214 Å². The lowest BCUT2D eigenvalue weighted by Gasteiger charge is -2.26. The minimum Gasteiger partial charge on any atom is -0.481 e. The molecule has 0 radical (unpaired) electrons. The number of aliphatic carboxylic acids is 2. The van der Waals surface area contributed by atoms with Crippen LogP contribution in [-0.2, 0) is 24.0 Å². The van der Waals surface area contributed by atoms with Crippen molar-refractivity contribution in [1.82, 2.24) is 21.3 Å². The van der Waals surface area contributed by atoms with E-state index >= 15 is 0 Å². The van der Waals surface area contributed by atoms with E-state index in [1.54, 1.807) is 0 Å². The lowest BCUT2D eigenvalue weighted by molar-refractivity contribution is -0.144. The van der Waals surface area contributed by atoms with Crippen molar-refractivity contribution in [2.75, 3.05) is 13.2 Å². The number of aliphatic hydroxyl groups is 2. The first kappa shape index (κ1) is 25.3. The molecule has 1 heterocycles. The number of rotatable bonds is 12. The maximum absolute atomic E-state index is 12.6. The normalized spacial score (nSPS) is 19.8. The molecule has 0 bridgehead atoms. The van der Waals surface area contributed by atoms with Crippen molar-refractivity contribution in [1.29, 1.82) is 0 Å². The highest BCUT2D eigenvalue weighted by Gasteiger charge is 2.33. The third kappa shape index (κ3) is 7.93. The van der Waals surface area contributed by atoms with Crippen LogP contribution in [0.1, 0.15) is 32.6 Å². The van der Waals surface area contributed by atoms with Crippen molar-refractivity contribution in [3.8, 4) is 0 Å².